The van der Waals surface area contributed by atoms with Crippen molar-refractivity contribution in [3.63, 3.8) is 0 Å². The Morgan fingerprint density at radius 3 is 2.71 bits per heavy atom. The van der Waals surface area contributed by atoms with Crippen LogP contribution in [0.4, 0.5) is 5.13 Å². The number of fused-ring (bicyclic) bond motifs is 1. The van der Waals surface area contributed by atoms with Crippen LogP contribution < -0.4 is 9.64 Å². The number of aryl methyl sites for hydroxylation is 2. The lowest BCUT2D eigenvalue weighted by molar-refractivity contribution is -0.116. The molecule has 0 bridgehead atoms. The summed E-state index contributed by atoms with van der Waals surface area (Å²) >= 11 is 2.87. The highest BCUT2D eigenvalue weighted by atomic mass is 32.2. The van der Waals surface area contributed by atoms with Crippen molar-refractivity contribution in [2.45, 2.75) is 37.5 Å². The molecule has 2 heterocycles. The number of thiazole rings is 1. The minimum Gasteiger partial charge on any atom is -0.496 e. The molecule has 174 valence electrons. The summed E-state index contributed by atoms with van der Waals surface area (Å²) in [6, 6.07) is 17.5. The number of para-hydroxylation sites is 1. The monoisotopic (exact) mass is 492 g/mol. The summed E-state index contributed by atoms with van der Waals surface area (Å²) in [5.74, 6) is 1.14. The van der Waals surface area contributed by atoms with Crippen LogP contribution in [0.3, 0.4) is 0 Å². The number of rotatable bonds is 8. The molecule has 0 N–H and O–H groups in total. The van der Waals surface area contributed by atoms with E-state index in [1.54, 1.807) is 23.3 Å². The second kappa shape index (κ2) is 10.4. The molecule has 0 saturated heterocycles. The number of hydrogen-bond donors (Lipinski definition) is 0. The van der Waals surface area contributed by atoms with Gasteiger partial charge in [0.2, 0.25) is 5.91 Å². The molecule has 2 aromatic heterocycles. The zero-order chi connectivity index (χ0) is 23.3. The Hall–Kier alpha value is -3.17. The number of ether oxygens (including phenoxy) is 1. The first kappa shape index (κ1) is 22.6. The van der Waals surface area contributed by atoms with Crippen molar-refractivity contribution in [1.29, 1.82) is 0 Å². The van der Waals surface area contributed by atoms with Crippen LogP contribution in [0.2, 0.25) is 0 Å². The van der Waals surface area contributed by atoms with Crippen LogP contribution in [0.15, 0.2) is 64.2 Å². The van der Waals surface area contributed by atoms with E-state index in [1.807, 2.05) is 54.6 Å². The number of benzene rings is 2. The first-order chi connectivity index (χ1) is 16.7. The number of hydrogen-bond acceptors (Lipinski definition) is 8. The van der Waals surface area contributed by atoms with E-state index in [0.29, 0.717) is 23.4 Å². The smallest absolute Gasteiger partial charge is 0.277 e. The number of thioether (sulfide) groups is 1. The van der Waals surface area contributed by atoms with Crippen LogP contribution in [0.1, 0.15) is 29.0 Å². The Morgan fingerprint density at radius 2 is 1.88 bits per heavy atom. The third-order valence-electron chi connectivity index (χ3n) is 5.61. The molecule has 0 atom stereocenters. The summed E-state index contributed by atoms with van der Waals surface area (Å²) in [6.45, 7) is 0.475. The average molecular weight is 493 g/mol. The van der Waals surface area contributed by atoms with Crippen LogP contribution in [-0.4, -0.2) is 34.0 Å². The van der Waals surface area contributed by atoms with Crippen molar-refractivity contribution in [1.82, 2.24) is 15.2 Å². The summed E-state index contributed by atoms with van der Waals surface area (Å²) in [5, 5.41) is 9.36. The van der Waals surface area contributed by atoms with Gasteiger partial charge in [-0.15, -0.1) is 21.5 Å². The Bertz CT molecular complexity index is 1250. The minimum atomic E-state index is -0.0445. The van der Waals surface area contributed by atoms with Crippen LogP contribution in [0, 0.1) is 0 Å². The van der Waals surface area contributed by atoms with E-state index in [-0.39, 0.29) is 11.7 Å². The summed E-state index contributed by atoms with van der Waals surface area (Å²) in [4.78, 5) is 21.3. The fourth-order valence-electron chi connectivity index (χ4n) is 3.88. The van der Waals surface area contributed by atoms with Crippen molar-refractivity contribution < 1.29 is 13.9 Å². The van der Waals surface area contributed by atoms with Crippen molar-refractivity contribution in [3.8, 4) is 17.2 Å². The fourth-order valence-corrected chi connectivity index (χ4v) is 5.69. The van der Waals surface area contributed by atoms with E-state index in [9.17, 15) is 4.79 Å². The average Bonchev–Trinajstić information content (AvgIpc) is 3.53. The molecule has 2 aromatic carbocycles. The van der Waals surface area contributed by atoms with Crippen LogP contribution >= 0.6 is 23.1 Å². The van der Waals surface area contributed by atoms with Gasteiger partial charge in [0.05, 0.1) is 30.7 Å². The van der Waals surface area contributed by atoms with Gasteiger partial charge in [-0.3, -0.25) is 9.69 Å². The summed E-state index contributed by atoms with van der Waals surface area (Å²) in [7, 11) is 1.60. The molecule has 1 aliphatic rings. The number of methoxy groups -OCH3 is 1. The van der Waals surface area contributed by atoms with E-state index in [1.165, 1.54) is 23.1 Å². The Kier molecular flexibility index (Phi) is 6.92. The van der Waals surface area contributed by atoms with Crippen LogP contribution in [-0.2, 0) is 24.2 Å². The van der Waals surface area contributed by atoms with Crippen molar-refractivity contribution in [3.05, 3.63) is 70.7 Å². The molecule has 0 saturated carbocycles. The summed E-state index contributed by atoms with van der Waals surface area (Å²) in [5.41, 5.74) is 2.92. The zero-order valence-corrected chi connectivity index (χ0v) is 20.4. The van der Waals surface area contributed by atoms with E-state index in [0.717, 1.165) is 41.2 Å². The van der Waals surface area contributed by atoms with Crippen LogP contribution in [0.5, 0.6) is 5.75 Å². The molecule has 7 nitrogen and oxygen atoms in total. The maximum Gasteiger partial charge on any atom is 0.277 e. The summed E-state index contributed by atoms with van der Waals surface area (Å²) < 4.78 is 11.2. The molecule has 9 heteroatoms. The second-order valence-electron chi connectivity index (χ2n) is 7.90. The molecule has 1 amide bonds. The van der Waals surface area contributed by atoms with Gasteiger partial charge in [-0.1, -0.05) is 54.2 Å². The molecule has 0 spiro atoms. The third kappa shape index (κ3) is 5.00. The predicted molar refractivity (Wildman–Crippen MR) is 133 cm³/mol. The maximum absolute atomic E-state index is 13.4. The Morgan fingerprint density at radius 1 is 1.09 bits per heavy atom. The number of anilines is 1. The third-order valence-corrected chi connectivity index (χ3v) is 7.60. The van der Waals surface area contributed by atoms with E-state index >= 15 is 0 Å². The lowest BCUT2D eigenvalue weighted by Crippen LogP contribution is -2.31. The van der Waals surface area contributed by atoms with E-state index in [2.05, 4.69) is 10.2 Å². The lowest BCUT2D eigenvalue weighted by Gasteiger charge is -2.19. The second-order valence-corrected chi connectivity index (χ2v) is 9.89. The van der Waals surface area contributed by atoms with Gasteiger partial charge < -0.3 is 9.15 Å². The zero-order valence-electron chi connectivity index (χ0n) is 18.8. The molecule has 0 fully saturated rings. The number of carbonyl (C=O) groups is 1. The lowest BCUT2D eigenvalue weighted by atomic mass is 10.0. The van der Waals surface area contributed by atoms with Gasteiger partial charge >= 0.3 is 0 Å². The number of carbonyl (C=O) groups excluding carboxylic acids is 1. The molecule has 0 unspecified atom stereocenters. The number of amides is 1. The molecular weight excluding hydrogens is 468 g/mol. The van der Waals surface area contributed by atoms with Gasteiger partial charge in [-0.2, -0.15) is 0 Å². The van der Waals surface area contributed by atoms with Gasteiger partial charge in [0, 0.05) is 4.88 Å². The normalized spacial score (nSPS) is 12.9. The fraction of sp³-hybridized carbons (Fsp3) is 0.280. The molecule has 5 rings (SSSR count). The Labute approximate surface area is 206 Å². The SMILES string of the molecule is COc1ccccc1-c1nnc(SCC(=O)N(Cc2ccccc2)c2nc3c(s2)CCCC3)o1. The molecule has 34 heavy (non-hydrogen) atoms. The van der Waals surface area contributed by atoms with Crippen molar-refractivity contribution in [2.75, 3.05) is 17.8 Å². The highest BCUT2D eigenvalue weighted by molar-refractivity contribution is 7.99. The highest BCUT2D eigenvalue weighted by Gasteiger charge is 2.24. The number of nitrogens with zero attached hydrogens (tertiary/aromatic N) is 4. The topological polar surface area (TPSA) is 81.4 Å². The standard InChI is InChI=1S/C25H24N4O3S2/c1-31-20-13-7-5-11-18(20)23-27-28-25(32-23)33-16-22(30)29(15-17-9-3-2-4-10-17)24-26-19-12-6-8-14-21(19)34-24/h2-5,7,9-11,13H,6,8,12,14-16H2,1H3. The van der Waals surface area contributed by atoms with Gasteiger partial charge in [-0.05, 0) is 43.4 Å². The molecule has 4 aromatic rings. The van der Waals surface area contributed by atoms with Gasteiger partial charge in [0.15, 0.2) is 5.13 Å². The molecule has 0 radical (unpaired) electrons. The molecule has 1 aliphatic carbocycles. The predicted octanol–water partition coefficient (Wildman–Crippen LogP) is 5.41. The molecular formula is C25H24N4O3S2. The van der Waals surface area contributed by atoms with Gasteiger partial charge in [0.1, 0.15) is 5.75 Å². The van der Waals surface area contributed by atoms with Gasteiger partial charge in [-0.25, -0.2) is 4.98 Å². The quantitative estimate of drug-likeness (QED) is 0.304. The first-order valence-corrected chi connectivity index (χ1v) is 12.9. The highest BCUT2D eigenvalue weighted by Crippen LogP contribution is 2.34. The first-order valence-electron chi connectivity index (χ1n) is 11.1. The van der Waals surface area contributed by atoms with E-state index < -0.39 is 0 Å². The van der Waals surface area contributed by atoms with E-state index in [4.69, 9.17) is 14.1 Å². The molecule has 0 aliphatic heterocycles. The van der Waals surface area contributed by atoms with Crippen molar-refractivity contribution in [2.24, 2.45) is 0 Å². The largest absolute Gasteiger partial charge is 0.496 e. The summed E-state index contributed by atoms with van der Waals surface area (Å²) in [6.07, 6.45) is 4.37. The van der Waals surface area contributed by atoms with Crippen molar-refractivity contribution >= 4 is 34.1 Å². The van der Waals surface area contributed by atoms with Gasteiger partial charge in [0.25, 0.3) is 11.1 Å². The van der Waals surface area contributed by atoms with Crippen LogP contribution in [0.25, 0.3) is 11.5 Å². The maximum atomic E-state index is 13.4. The Balaban J connectivity index is 1.33. The minimum absolute atomic E-state index is 0.0445. The number of aromatic nitrogens is 3.